The molecule has 1 aliphatic rings. The molecule has 0 spiro atoms. The topological polar surface area (TPSA) is 70.3 Å². The standard InChI is InChI=1S/C22H28ClN7O/c1-24-22(25-10-9-21-27-26-20-4-2-3-11-30(20)21)29-14-12-28(13-15-29)16-17-31-19-7-5-18(23)6-8-19/h2-8,11H,9-10,12-17H2,1H3,(H,24,25). The van der Waals surface area contributed by atoms with Crippen molar-refractivity contribution in [1.29, 1.82) is 0 Å². The molecule has 0 aliphatic carbocycles. The molecule has 8 nitrogen and oxygen atoms in total. The second kappa shape index (κ2) is 10.5. The van der Waals surface area contributed by atoms with Crippen LogP contribution >= 0.6 is 11.6 Å². The van der Waals surface area contributed by atoms with Crippen LogP contribution in [0.5, 0.6) is 5.75 Å². The Hall–Kier alpha value is -2.84. The number of aliphatic imine (C=N–C) groups is 1. The maximum absolute atomic E-state index is 5.91. The van der Waals surface area contributed by atoms with Crippen molar-refractivity contribution in [3.8, 4) is 5.75 Å². The van der Waals surface area contributed by atoms with Crippen LogP contribution in [0.1, 0.15) is 5.82 Å². The van der Waals surface area contributed by atoms with Gasteiger partial charge in [-0.2, -0.15) is 0 Å². The molecule has 3 heterocycles. The van der Waals surface area contributed by atoms with Crippen molar-refractivity contribution in [3.05, 3.63) is 59.5 Å². The molecule has 0 atom stereocenters. The molecule has 0 radical (unpaired) electrons. The first-order valence-corrected chi connectivity index (χ1v) is 11.0. The molecule has 3 aromatic rings. The molecule has 1 aliphatic heterocycles. The zero-order valence-corrected chi connectivity index (χ0v) is 18.5. The molecule has 0 saturated carbocycles. The van der Waals surface area contributed by atoms with Crippen molar-refractivity contribution in [2.75, 3.05) is 52.9 Å². The summed E-state index contributed by atoms with van der Waals surface area (Å²) in [5.41, 5.74) is 0.873. The van der Waals surface area contributed by atoms with Crippen LogP contribution < -0.4 is 10.1 Å². The molecule has 9 heteroatoms. The first kappa shape index (κ1) is 21.4. The maximum atomic E-state index is 5.91. The number of pyridine rings is 1. The molecule has 164 valence electrons. The van der Waals surface area contributed by atoms with Gasteiger partial charge in [-0.3, -0.25) is 14.3 Å². The Morgan fingerprint density at radius 2 is 1.90 bits per heavy atom. The van der Waals surface area contributed by atoms with E-state index in [0.29, 0.717) is 6.61 Å². The summed E-state index contributed by atoms with van der Waals surface area (Å²) in [4.78, 5) is 9.18. The van der Waals surface area contributed by atoms with Crippen molar-refractivity contribution in [1.82, 2.24) is 29.7 Å². The van der Waals surface area contributed by atoms with Crippen LogP contribution in [0, 0.1) is 0 Å². The van der Waals surface area contributed by atoms with Crippen LogP contribution in [0.3, 0.4) is 0 Å². The first-order chi connectivity index (χ1) is 15.2. The SMILES string of the molecule is CN=C(NCCc1nnc2ccccn12)N1CCN(CCOc2ccc(Cl)cc2)CC1. The van der Waals surface area contributed by atoms with E-state index in [-0.39, 0.29) is 0 Å². The normalized spacial score (nSPS) is 15.4. The number of hydrogen-bond acceptors (Lipinski definition) is 5. The molecule has 1 fully saturated rings. The van der Waals surface area contributed by atoms with Gasteiger partial charge in [0.15, 0.2) is 11.6 Å². The molecule has 0 bridgehead atoms. The van der Waals surface area contributed by atoms with E-state index in [1.165, 1.54) is 0 Å². The quantitative estimate of drug-likeness (QED) is 0.447. The second-order valence-electron chi connectivity index (χ2n) is 7.40. The Bertz CT molecular complexity index is 997. The first-order valence-electron chi connectivity index (χ1n) is 10.6. The zero-order valence-electron chi connectivity index (χ0n) is 17.7. The summed E-state index contributed by atoms with van der Waals surface area (Å²) in [6.45, 7) is 6.18. The van der Waals surface area contributed by atoms with Crippen molar-refractivity contribution < 1.29 is 4.74 Å². The van der Waals surface area contributed by atoms with Crippen LogP contribution in [-0.4, -0.2) is 83.3 Å². The highest BCUT2D eigenvalue weighted by molar-refractivity contribution is 6.30. The molecule has 1 N–H and O–H groups in total. The number of fused-ring (bicyclic) bond motifs is 1. The average molecular weight is 442 g/mol. The van der Waals surface area contributed by atoms with E-state index in [1.807, 2.05) is 60.1 Å². The van der Waals surface area contributed by atoms with Gasteiger partial charge < -0.3 is 15.0 Å². The van der Waals surface area contributed by atoms with E-state index in [9.17, 15) is 0 Å². The van der Waals surface area contributed by atoms with E-state index < -0.39 is 0 Å². The van der Waals surface area contributed by atoms with Gasteiger partial charge in [0, 0.05) is 64.0 Å². The van der Waals surface area contributed by atoms with Crippen LogP contribution in [0.25, 0.3) is 5.65 Å². The minimum atomic E-state index is 0.668. The molecule has 31 heavy (non-hydrogen) atoms. The van der Waals surface area contributed by atoms with E-state index >= 15 is 0 Å². The van der Waals surface area contributed by atoms with E-state index in [2.05, 4.69) is 30.3 Å². The summed E-state index contributed by atoms with van der Waals surface area (Å²) in [5.74, 6) is 2.74. The molecular weight excluding hydrogens is 414 g/mol. The molecule has 1 aromatic carbocycles. The van der Waals surface area contributed by atoms with Crippen molar-refractivity contribution in [2.24, 2.45) is 4.99 Å². The average Bonchev–Trinajstić information content (AvgIpc) is 3.22. The van der Waals surface area contributed by atoms with E-state index in [4.69, 9.17) is 16.3 Å². The number of rotatable bonds is 7. The van der Waals surface area contributed by atoms with Crippen LogP contribution in [-0.2, 0) is 6.42 Å². The van der Waals surface area contributed by atoms with E-state index in [0.717, 1.165) is 73.9 Å². The Kier molecular flexibility index (Phi) is 7.22. The number of halogens is 1. The fourth-order valence-corrected chi connectivity index (χ4v) is 3.81. The minimum Gasteiger partial charge on any atom is -0.492 e. The van der Waals surface area contributed by atoms with Crippen LogP contribution in [0.15, 0.2) is 53.7 Å². The van der Waals surface area contributed by atoms with Gasteiger partial charge in [0.1, 0.15) is 18.2 Å². The molecule has 0 amide bonds. The fourth-order valence-electron chi connectivity index (χ4n) is 3.69. The lowest BCUT2D eigenvalue weighted by molar-refractivity contribution is 0.152. The summed E-state index contributed by atoms with van der Waals surface area (Å²) >= 11 is 5.91. The highest BCUT2D eigenvalue weighted by Crippen LogP contribution is 2.15. The lowest BCUT2D eigenvalue weighted by atomic mass is 10.3. The number of benzene rings is 1. The summed E-state index contributed by atoms with van der Waals surface area (Å²) in [7, 11) is 1.83. The summed E-state index contributed by atoms with van der Waals surface area (Å²) in [5, 5.41) is 12.7. The third-order valence-corrected chi connectivity index (χ3v) is 5.64. The molecule has 2 aromatic heterocycles. The smallest absolute Gasteiger partial charge is 0.193 e. The zero-order chi connectivity index (χ0) is 21.5. The highest BCUT2D eigenvalue weighted by atomic mass is 35.5. The van der Waals surface area contributed by atoms with Gasteiger partial charge in [-0.15, -0.1) is 10.2 Å². The van der Waals surface area contributed by atoms with Crippen LogP contribution in [0.2, 0.25) is 5.02 Å². The van der Waals surface area contributed by atoms with Gasteiger partial charge in [0.05, 0.1) is 0 Å². The number of guanidine groups is 1. The van der Waals surface area contributed by atoms with Gasteiger partial charge in [0.25, 0.3) is 0 Å². The number of aromatic nitrogens is 3. The van der Waals surface area contributed by atoms with Crippen molar-refractivity contribution in [3.63, 3.8) is 0 Å². The Labute approximate surface area is 187 Å². The summed E-state index contributed by atoms with van der Waals surface area (Å²) < 4.78 is 7.84. The number of piperazine rings is 1. The van der Waals surface area contributed by atoms with Crippen molar-refractivity contribution >= 4 is 23.2 Å². The minimum absolute atomic E-state index is 0.668. The van der Waals surface area contributed by atoms with E-state index in [1.54, 1.807) is 0 Å². The number of ether oxygens (including phenoxy) is 1. The third kappa shape index (κ3) is 5.65. The third-order valence-electron chi connectivity index (χ3n) is 5.39. The molecule has 0 unspecified atom stereocenters. The van der Waals surface area contributed by atoms with Crippen molar-refractivity contribution in [2.45, 2.75) is 6.42 Å². The fraction of sp³-hybridized carbons (Fsp3) is 0.409. The Morgan fingerprint density at radius 3 is 2.68 bits per heavy atom. The predicted molar refractivity (Wildman–Crippen MR) is 123 cm³/mol. The Morgan fingerprint density at radius 1 is 1.10 bits per heavy atom. The largest absolute Gasteiger partial charge is 0.492 e. The number of hydrogen-bond donors (Lipinski definition) is 1. The molecular formula is C22H28ClN7O. The predicted octanol–water partition coefficient (Wildman–Crippen LogP) is 2.20. The van der Waals surface area contributed by atoms with Crippen LogP contribution in [0.4, 0.5) is 0 Å². The summed E-state index contributed by atoms with van der Waals surface area (Å²) in [6.07, 6.45) is 2.78. The van der Waals surface area contributed by atoms with Gasteiger partial charge in [0.2, 0.25) is 0 Å². The monoisotopic (exact) mass is 441 g/mol. The number of nitrogens with one attached hydrogen (secondary N) is 1. The maximum Gasteiger partial charge on any atom is 0.193 e. The molecule has 1 saturated heterocycles. The molecule has 4 rings (SSSR count). The Balaban J connectivity index is 1.18. The van der Waals surface area contributed by atoms with Gasteiger partial charge >= 0.3 is 0 Å². The lowest BCUT2D eigenvalue weighted by Crippen LogP contribution is -2.53. The van der Waals surface area contributed by atoms with Gasteiger partial charge in [-0.25, -0.2) is 0 Å². The second-order valence-corrected chi connectivity index (χ2v) is 7.84. The number of nitrogens with zero attached hydrogens (tertiary/aromatic N) is 6. The highest BCUT2D eigenvalue weighted by Gasteiger charge is 2.19. The van der Waals surface area contributed by atoms with Gasteiger partial charge in [-0.05, 0) is 36.4 Å². The van der Waals surface area contributed by atoms with Gasteiger partial charge in [-0.1, -0.05) is 17.7 Å². The summed E-state index contributed by atoms with van der Waals surface area (Å²) in [6, 6.07) is 13.4. The lowest BCUT2D eigenvalue weighted by Gasteiger charge is -2.36.